The molecular weight excluding hydrogens is 389 g/mol. The highest BCUT2D eigenvalue weighted by Crippen LogP contribution is 2.31. The number of hydrogen-bond acceptors (Lipinski definition) is 4. The second kappa shape index (κ2) is 9.18. The molecular formula is C19H25Cl2N3OS. The van der Waals surface area contributed by atoms with Gasteiger partial charge in [0.15, 0.2) is 0 Å². The second-order valence-corrected chi connectivity index (χ2v) is 7.85. The van der Waals surface area contributed by atoms with E-state index in [9.17, 15) is 4.79 Å². The number of carbonyl (C=O) groups excluding carboxylic acids is 1. The fourth-order valence-electron chi connectivity index (χ4n) is 3.86. The normalized spacial score (nSPS) is 22.0. The van der Waals surface area contributed by atoms with E-state index in [4.69, 9.17) is 0 Å². The second-order valence-electron chi connectivity index (χ2n) is 6.85. The average molecular weight is 414 g/mol. The van der Waals surface area contributed by atoms with Crippen molar-refractivity contribution in [1.29, 1.82) is 0 Å². The molecule has 1 aromatic heterocycles. The zero-order valence-corrected chi connectivity index (χ0v) is 17.3. The van der Waals surface area contributed by atoms with Gasteiger partial charge in [-0.2, -0.15) is 0 Å². The Balaban J connectivity index is 0.00000121. The molecule has 2 aromatic rings. The van der Waals surface area contributed by atoms with Crippen molar-refractivity contribution >= 4 is 42.1 Å². The van der Waals surface area contributed by atoms with Crippen LogP contribution in [0.3, 0.4) is 0 Å². The van der Waals surface area contributed by atoms with Gasteiger partial charge in [0.25, 0.3) is 5.91 Å². The molecule has 2 aliphatic rings. The number of amides is 1. The highest BCUT2D eigenvalue weighted by molar-refractivity contribution is 7.17. The fourth-order valence-corrected chi connectivity index (χ4v) is 4.90. The lowest BCUT2D eigenvalue weighted by atomic mass is 9.92. The molecule has 0 aliphatic carbocycles. The Kier molecular flexibility index (Phi) is 7.47. The van der Waals surface area contributed by atoms with Gasteiger partial charge in [-0.25, -0.2) is 4.98 Å². The van der Waals surface area contributed by atoms with Crippen LogP contribution >= 0.6 is 36.2 Å². The molecule has 0 saturated carbocycles. The van der Waals surface area contributed by atoms with Crippen molar-refractivity contribution in [2.75, 3.05) is 26.2 Å². The SMILES string of the molecule is Cc1nc(-c2ccccc2)sc1C(=O)N1CC[C@@H]2CNC[C@@H]2CC1.Cl.Cl. The summed E-state index contributed by atoms with van der Waals surface area (Å²) in [6.07, 6.45) is 2.24. The first-order chi connectivity index (χ1) is 11.7. The van der Waals surface area contributed by atoms with Crippen LogP contribution in [0.2, 0.25) is 0 Å². The van der Waals surface area contributed by atoms with E-state index < -0.39 is 0 Å². The van der Waals surface area contributed by atoms with Crippen molar-refractivity contribution < 1.29 is 4.79 Å². The Morgan fingerprint density at radius 2 is 1.73 bits per heavy atom. The number of halogens is 2. The number of nitrogens with one attached hydrogen (secondary N) is 1. The first kappa shape index (κ1) is 21.2. The quantitative estimate of drug-likeness (QED) is 0.807. The zero-order valence-electron chi connectivity index (χ0n) is 14.8. The van der Waals surface area contributed by atoms with Crippen LogP contribution in [-0.4, -0.2) is 42.0 Å². The van der Waals surface area contributed by atoms with E-state index in [1.807, 2.05) is 42.2 Å². The monoisotopic (exact) mass is 413 g/mol. The fraction of sp³-hybridized carbons (Fsp3) is 0.474. The minimum absolute atomic E-state index is 0. The highest BCUT2D eigenvalue weighted by atomic mass is 35.5. The third-order valence-corrected chi connectivity index (χ3v) is 6.51. The molecule has 0 radical (unpaired) electrons. The molecule has 0 unspecified atom stereocenters. The lowest BCUT2D eigenvalue weighted by molar-refractivity contribution is 0.0762. The van der Waals surface area contributed by atoms with Gasteiger partial charge in [0.2, 0.25) is 0 Å². The molecule has 1 aromatic carbocycles. The van der Waals surface area contributed by atoms with E-state index in [1.165, 1.54) is 11.3 Å². The van der Waals surface area contributed by atoms with E-state index in [2.05, 4.69) is 10.3 Å². The molecule has 4 rings (SSSR count). The third-order valence-electron chi connectivity index (χ3n) is 5.32. The van der Waals surface area contributed by atoms with Crippen LogP contribution < -0.4 is 5.32 Å². The molecule has 7 heteroatoms. The Morgan fingerprint density at radius 1 is 1.12 bits per heavy atom. The molecule has 4 nitrogen and oxygen atoms in total. The van der Waals surface area contributed by atoms with Gasteiger partial charge >= 0.3 is 0 Å². The van der Waals surface area contributed by atoms with E-state index in [1.54, 1.807) is 0 Å². The number of benzene rings is 1. The Bertz CT molecular complexity index is 724. The van der Waals surface area contributed by atoms with Crippen molar-refractivity contribution in [3.05, 3.63) is 40.9 Å². The molecule has 0 spiro atoms. The number of aryl methyl sites for hydroxylation is 1. The van der Waals surface area contributed by atoms with Crippen LogP contribution in [-0.2, 0) is 0 Å². The molecule has 2 aliphatic heterocycles. The standard InChI is InChI=1S/C19H23N3OS.2ClH/c1-13-17(24-18(21-13)14-5-3-2-4-6-14)19(23)22-9-7-15-11-20-12-16(15)8-10-22;;/h2-6,15-16,20H,7-12H2,1H3;2*1H/t15-,16+;;. The van der Waals surface area contributed by atoms with Gasteiger partial charge in [-0.15, -0.1) is 36.2 Å². The summed E-state index contributed by atoms with van der Waals surface area (Å²) in [6.45, 7) is 5.93. The lowest BCUT2D eigenvalue weighted by Gasteiger charge is -2.20. The number of aromatic nitrogens is 1. The van der Waals surface area contributed by atoms with Crippen LogP contribution in [0.15, 0.2) is 30.3 Å². The minimum Gasteiger partial charge on any atom is -0.338 e. The van der Waals surface area contributed by atoms with Crippen LogP contribution in [0.5, 0.6) is 0 Å². The van der Waals surface area contributed by atoms with Crippen molar-refractivity contribution in [1.82, 2.24) is 15.2 Å². The number of thiazole rings is 1. The molecule has 1 N–H and O–H groups in total. The summed E-state index contributed by atoms with van der Waals surface area (Å²) in [5, 5.41) is 4.42. The summed E-state index contributed by atoms with van der Waals surface area (Å²) in [6, 6.07) is 10.1. The smallest absolute Gasteiger partial charge is 0.265 e. The van der Waals surface area contributed by atoms with E-state index in [0.29, 0.717) is 0 Å². The number of carbonyl (C=O) groups is 1. The van der Waals surface area contributed by atoms with Gasteiger partial charge in [-0.1, -0.05) is 30.3 Å². The van der Waals surface area contributed by atoms with Crippen molar-refractivity contribution in [2.45, 2.75) is 19.8 Å². The topological polar surface area (TPSA) is 45.2 Å². The Labute approximate surface area is 171 Å². The summed E-state index contributed by atoms with van der Waals surface area (Å²) in [4.78, 5) is 20.5. The maximum absolute atomic E-state index is 13.0. The van der Waals surface area contributed by atoms with Crippen molar-refractivity contribution in [3.8, 4) is 10.6 Å². The minimum atomic E-state index is 0. The van der Waals surface area contributed by atoms with E-state index in [-0.39, 0.29) is 30.7 Å². The zero-order chi connectivity index (χ0) is 16.5. The van der Waals surface area contributed by atoms with E-state index >= 15 is 0 Å². The molecule has 1 amide bonds. The molecule has 142 valence electrons. The molecule has 2 saturated heterocycles. The molecule has 26 heavy (non-hydrogen) atoms. The number of fused-ring (bicyclic) bond motifs is 1. The first-order valence-electron chi connectivity index (χ1n) is 8.75. The van der Waals surface area contributed by atoms with Crippen molar-refractivity contribution in [3.63, 3.8) is 0 Å². The Hall–Kier alpha value is -1.14. The highest BCUT2D eigenvalue weighted by Gasteiger charge is 2.32. The maximum Gasteiger partial charge on any atom is 0.265 e. The van der Waals surface area contributed by atoms with Gasteiger partial charge in [0.1, 0.15) is 9.88 Å². The van der Waals surface area contributed by atoms with Crippen LogP contribution in [0, 0.1) is 18.8 Å². The van der Waals surface area contributed by atoms with E-state index in [0.717, 1.165) is 72.0 Å². The average Bonchev–Trinajstić information content (AvgIpc) is 3.17. The predicted molar refractivity (Wildman–Crippen MR) is 112 cm³/mol. The number of likely N-dealkylation sites (tertiary alicyclic amines) is 1. The van der Waals surface area contributed by atoms with Gasteiger partial charge in [0.05, 0.1) is 5.69 Å². The largest absolute Gasteiger partial charge is 0.338 e. The lowest BCUT2D eigenvalue weighted by Crippen LogP contribution is -2.32. The first-order valence-corrected chi connectivity index (χ1v) is 9.57. The maximum atomic E-state index is 13.0. The third kappa shape index (κ3) is 4.22. The summed E-state index contributed by atoms with van der Waals surface area (Å²) >= 11 is 1.53. The number of hydrogen-bond donors (Lipinski definition) is 1. The van der Waals surface area contributed by atoms with Gasteiger partial charge < -0.3 is 10.2 Å². The molecule has 2 fully saturated rings. The summed E-state index contributed by atoms with van der Waals surface area (Å²) in [7, 11) is 0. The van der Waals surface area contributed by atoms with Crippen LogP contribution in [0.1, 0.15) is 28.2 Å². The summed E-state index contributed by atoms with van der Waals surface area (Å²) < 4.78 is 0. The van der Waals surface area contributed by atoms with Crippen LogP contribution in [0.25, 0.3) is 10.6 Å². The predicted octanol–water partition coefficient (Wildman–Crippen LogP) is 4.03. The van der Waals surface area contributed by atoms with Gasteiger partial charge in [-0.05, 0) is 44.7 Å². The van der Waals surface area contributed by atoms with Crippen LogP contribution in [0.4, 0.5) is 0 Å². The summed E-state index contributed by atoms with van der Waals surface area (Å²) in [5.74, 6) is 1.65. The number of rotatable bonds is 2. The Morgan fingerprint density at radius 3 is 2.35 bits per heavy atom. The van der Waals surface area contributed by atoms with Gasteiger partial charge in [0, 0.05) is 18.7 Å². The molecule has 3 heterocycles. The molecule has 0 bridgehead atoms. The van der Waals surface area contributed by atoms with Crippen molar-refractivity contribution in [2.24, 2.45) is 11.8 Å². The van der Waals surface area contributed by atoms with Gasteiger partial charge in [-0.3, -0.25) is 4.79 Å². The number of nitrogens with zero attached hydrogens (tertiary/aromatic N) is 2. The summed E-state index contributed by atoms with van der Waals surface area (Å²) in [5.41, 5.74) is 1.94. The molecule has 2 atom stereocenters.